The maximum absolute atomic E-state index is 14.0. The number of rotatable bonds is 9. The fourth-order valence-electron chi connectivity index (χ4n) is 6.93. The lowest BCUT2D eigenvalue weighted by atomic mass is 9.58. The normalized spacial score (nSPS) is 25.9. The third-order valence-electron chi connectivity index (χ3n) is 8.57. The second-order valence-electron chi connectivity index (χ2n) is 12.6. The quantitative estimate of drug-likeness (QED) is 0.271. The van der Waals surface area contributed by atoms with E-state index >= 15 is 0 Å². The van der Waals surface area contributed by atoms with Crippen molar-refractivity contribution < 1.29 is 39.5 Å². The lowest BCUT2D eigenvalue weighted by Crippen LogP contribution is -2.63. The van der Waals surface area contributed by atoms with Crippen molar-refractivity contribution >= 4 is 17.5 Å². The molecule has 0 aromatic heterocycles. The number of nitrogens with two attached hydrogens (primary N) is 1. The summed E-state index contributed by atoms with van der Waals surface area (Å²) in [4.78, 5) is 43.4. The molecule has 3 aliphatic carbocycles. The molecule has 0 unspecified atom stereocenters. The van der Waals surface area contributed by atoms with Crippen molar-refractivity contribution in [1.29, 1.82) is 0 Å². The van der Waals surface area contributed by atoms with Gasteiger partial charge < -0.3 is 30.9 Å². The summed E-state index contributed by atoms with van der Waals surface area (Å²) in [5.74, 6) is -5.86. The van der Waals surface area contributed by atoms with Crippen LogP contribution in [0.3, 0.4) is 0 Å². The van der Waals surface area contributed by atoms with Gasteiger partial charge in [-0.05, 0) is 65.2 Å². The van der Waals surface area contributed by atoms with Gasteiger partial charge in [0.1, 0.15) is 28.6 Å². The number of allylic oxidation sites excluding steroid dienone is 1. The fourth-order valence-corrected chi connectivity index (χ4v) is 6.93. The largest absolute Gasteiger partial charge is 0.510 e. The van der Waals surface area contributed by atoms with Crippen LogP contribution < -0.4 is 10.5 Å². The molecular formula is C31H43N3O8. The van der Waals surface area contributed by atoms with Gasteiger partial charge in [-0.3, -0.25) is 24.2 Å². The Labute approximate surface area is 246 Å². The number of primary amides is 1. The van der Waals surface area contributed by atoms with Crippen molar-refractivity contribution in [3.63, 3.8) is 0 Å². The summed E-state index contributed by atoms with van der Waals surface area (Å²) in [6.07, 6.45) is -0.0431. The van der Waals surface area contributed by atoms with E-state index in [1.165, 1.54) is 11.0 Å². The second kappa shape index (κ2) is 11.3. The van der Waals surface area contributed by atoms with E-state index in [0.717, 1.165) is 18.7 Å². The molecule has 0 saturated carbocycles. The van der Waals surface area contributed by atoms with Crippen LogP contribution in [-0.4, -0.2) is 92.6 Å². The highest BCUT2D eigenvalue weighted by Gasteiger charge is 2.63. The highest BCUT2D eigenvalue weighted by molar-refractivity contribution is 6.24. The van der Waals surface area contributed by atoms with E-state index < -0.39 is 58.0 Å². The minimum absolute atomic E-state index is 0.0201. The summed E-state index contributed by atoms with van der Waals surface area (Å²) in [5.41, 5.74) is 2.88. The van der Waals surface area contributed by atoms with Crippen LogP contribution in [0.2, 0.25) is 0 Å². The number of ketones is 2. The van der Waals surface area contributed by atoms with Gasteiger partial charge in [0, 0.05) is 35.7 Å². The molecule has 4 rings (SSSR count). The van der Waals surface area contributed by atoms with E-state index in [-0.39, 0.29) is 35.8 Å². The van der Waals surface area contributed by atoms with Crippen molar-refractivity contribution in [3.05, 3.63) is 45.4 Å². The molecule has 0 bridgehead atoms. The third kappa shape index (κ3) is 4.97. The molecule has 0 heterocycles. The lowest BCUT2D eigenvalue weighted by molar-refractivity contribution is -0.148. The average molecular weight is 586 g/mol. The first-order valence-corrected chi connectivity index (χ1v) is 14.5. The monoisotopic (exact) mass is 585 g/mol. The van der Waals surface area contributed by atoms with Crippen LogP contribution in [0.5, 0.6) is 11.5 Å². The Kier molecular flexibility index (Phi) is 8.52. The number of aliphatic hydroxyl groups excluding tert-OH is 2. The molecule has 1 amide bonds. The van der Waals surface area contributed by atoms with Crippen molar-refractivity contribution in [2.24, 2.45) is 23.5 Å². The number of phenolic OH excluding ortho intramolecular Hbond substituents is 1. The van der Waals surface area contributed by atoms with Gasteiger partial charge in [0.15, 0.2) is 11.4 Å². The number of aliphatic hydroxyl groups is 3. The Morgan fingerprint density at radius 2 is 1.81 bits per heavy atom. The number of nitrogens with zero attached hydrogens (tertiary/aromatic N) is 2. The molecule has 230 valence electrons. The molecule has 11 nitrogen and oxygen atoms in total. The first-order valence-electron chi connectivity index (χ1n) is 14.5. The van der Waals surface area contributed by atoms with Gasteiger partial charge in [0.25, 0.3) is 5.91 Å². The molecule has 11 heteroatoms. The van der Waals surface area contributed by atoms with Crippen molar-refractivity contribution in [2.45, 2.75) is 71.8 Å². The SMILES string of the molecule is CCN(Cc1cc(O)c2c(c1OC(C)C)C[C@H]1C[C@H]3[C@H](N(C)C)C(O)=C(C(N)=O)C(=O)[C@@]3(O)C(O)=C1C2=O)CC(C)C. The zero-order valence-electron chi connectivity index (χ0n) is 25.4. The second-order valence-corrected chi connectivity index (χ2v) is 12.6. The van der Waals surface area contributed by atoms with Crippen LogP contribution in [0, 0.1) is 17.8 Å². The number of Topliss-reactive ketones (excluding diaryl/α,β-unsaturated/α-hetero) is 2. The number of carbonyl (C=O) groups excluding carboxylic acids is 3. The smallest absolute Gasteiger partial charge is 0.255 e. The predicted octanol–water partition coefficient (Wildman–Crippen LogP) is 2.39. The summed E-state index contributed by atoms with van der Waals surface area (Å²) >= 11 is 0. The molecule has 0 spiro atoms. The van der Waals surface area contributed by atoms with E-state index in [1.54, 1.807) is 14.1 Å². The van der Waals surface area contributed by atoms with Gasteiger partial charge in [-0.2, -0.15) is 0 Å². The van der Waals surface area contributed by atoms with E-state index in [4.69, 9.17) is 10.5 Å². The number of aromatic hydroxyl groups is 1. The Morgan fingerprint density at radius 1 is 1.17 bits per heavy atom. The van der Waals surface area contributed by atoms with Gasteiger partial charge in [0.2, 0.25) is 5.78 Å². The van der Waals surface area contributed by atoms with Crippen LogP contribution >= 0.6 is 0 Å². The van der Waals surface area contributed by atoms with Crippen molar-refractivity contribution in [1.82, 2.24) is 9.80 Å². The number of carbonyl (C=O) groups is 3. The molecule has 42 heavy (non-hydrogen) atoms. The molecule has 0 fully saturated rings. The summed E-state index contributed by atoms with van der Waals surface area (Å²) in [6.45, 7) is 12.1. The molecule has 0 radical (unpaired) electrons. The zero-order chi connectivity index (χ0) is 31.4. The Morgan fingerprint density at radius 3 is 2.33 bits per heavy atom. The number of phenols is 1. The zero-order valence-corrected chi connectivity index (χ0v) is 25.4. The van der Waals surface area contributed by atoms with Gasteiger partial charge in [-0.25, -0.2) is 0 Å². The predicted molar refractivity (Wildman–Crippen MR) is 155 cm³/mol. The number of hydrogen-bond donors (Lipinski definition) is 5. The number of benzene rings is 1. The Balaban J connectivity index is 1.91. The average Bonchev–Trinajstić information content (AvgIpc) is 2.86. The summed E-state index contributed by atoms with van der Waals surface area (Å²) in [5, 5.41) is 45.4. The summed E-state index contributed by atoms with van der Waals surface area (Å²) in [7, 11) is 3.20. The van der Waals surface area contributed by atoms with Crippen molar-refractivity contribution in [3.8, 4) is 11.5 Å². The third-order valence-corrected chi connectivity index (χ3v) is 8.57. The van der Waals surface area contributed by atoms with Crippen LogP contribution in [0.25, 0.3) is 0 Å². The molecule has 0 saturated heterocycles. The topological polar surface area (TPSA) is 174 Å². The Bertz CT molecular complexity index is 1380. The standard InChI is InChI=1S/C31H43N3O8/c1-8-34(12-14(2)3)13-17-11-20(35)22-18(27(17)42-15(4)5)9-16-10-19-24(33(6)7)26(37)23(30(32)40)29(39)31(19,41)28(38)21(16)25(22)36/h11,14-16,19,24,35,37-38,41H,8-10,12-13H2,1-7H3,(H2,32,40)/t16-,19-,24-,31-/m0/s1. The number of ether oxygens (including phenoxy) is 1. The van der Waals surface area contributed by atoms with E-state index in [0.29, 0.717) is 23.8 Å². The van der Waals surface area contributed by atoms with E-state index in [2.05, 4.69) is 25.7 Å². The van der Waals surface area contributed by atoms with Gasteiger partial charge >= 0.3 is 0 Å². The Hall–Kier alpha value is -3.41. The van der Waals surface area contributed by atoms with Gasteiger partial charge in [-0.1, -0.05) is 20.8 Å². The molecule has 0 aliphatic heterocycles. The maximum atomic E-state index is 14.0. The summed E-state index contributed by atoms with van der Waals surface area (Å²) < 4.78 is 6.29. The lowest BCUT2D eigenvalue weighted by Gasteiger charge is -2.50. The minimum atomic E-state index is -2.67. The van der Waals surface area contributed by atoms with Crippen LogP contribution in [0.15, 0.2) is 28.7 Å². The first-order chi connectivity index (χ1) is 19.6. The highest BCUT2D eigenvalue weighted by atomic mass is 16.5. The molecular weight excluding hydrogens is 542 g/mol. The molecule has 3 aliphatic rings. The van der Waals surface area contributed by atoms with Crippen LogP contribution in [-0.2, 0) is 22.6 Å². The first kappa shape index (κ1) is 31.5. The molecule has 4 atom stereocenters. The van der Waals surface area contributed by atoms with Gasteiger partial charge in [-0.15, -0.1) is 0 Å². The molecule has 1 aromatic rings. The fraction of sp³-hybridized carbons (Fsp3) is 0.581. The molecule has 1 aromatic carbocycles. The van der Waals surface area contributed by atoms with E-state index in [9.17, 15) is 34.8 Å². The number of amides is 1. The van der Waals surface area contributed by atoms with E-state index in [1.807, 2.05) is 13.8 Å². The number of fused-ring (bicyclic) bond motifs is 3. The van der Waals surface area contributed by atoms with Crippen molar-refractivity contribution in [2.75, 3.05) is 27.2 Å². The number of hydrogen-bond acceptors (Lipinski definition) is 10. The van der Waals surface area contributed by atoms with Crippen LogP contribution in [0.1, 0.15) is 62.5 Å². The maximum Gasteiger partial charge on any atom is 0.255 e. The van der Waals surface area contributed by atoms with Gasteiger partial charge in [0.05, 0.1) is 17.7 Å². The molecule has 6 N–H and O–H groups in total. The van der Waals surface area contributed by atoms with Crippen LogP contribution in [0.4, 0.5) is 0 Å². The minimum Gasteiger partial charge on any atom is -0.510 e. The highest BCUT2D eigenvalue weighted by Crippen LogP contribution is 2.53. The number of likely N-dealkylation sites (N-methyl/N-ethyl adjacent to an activating group) is 1. The summed E-state index contributed by atoms with van der Waals surface area (Å²) in [6, 6.07) is 0.464.